The molecule has 0 aliphatic rings. The highest BCUT2D eigenvalue weighted by molar-refractivity contribution is 5.95. The molecule has 0 bridgehead atoms. The molecule has 0 radical (unpaired) electrons. The van der Waals surface area contributed by atoms with Gasteiger partial charge in [0.25, 0.3) is 0 Å². The summed E-state index contributed by atoms with van der Waals surface area (Å²) in [4.78, 5) is 20.2. The summed E-state index contributed by atoms with van der Waals surface area (Å²) in [6, 6.07) is 9.34. The lowest BCUT2D eigenvalue weighted by molar-refractivity contribution is -0.118. The van der Waals surface area contributed by atoms with Gasteiger partial charge in [-0.2, -0.15) is 0 Å². The van der Waals surface area contributed by atoms with Crippen molar-refractivity contribution in [2.45, 2.75) is 33.2 Å². The number of H-pyrrole nitrogens is 1. The largest absolute Gasteiger partial charge is 0.342 e. The number of anilines is 1. The zero-order valence-corrected chi connectivity index (χ0v) is 13.7. The SMILES string of the molecule is CC(C)Cc1nc2ccc(NC(=O)[C@@H](C)n3cccc3)cc2[nH]1. The van der Waals surface area contributed by atoms with E-state index in [4.69, 9.17) is 0 Å². The first kappa shape index (κ1) is 15.3. The fourth-order valence-corrected chi connectivity index (χ4v) is 2.61. The first-order valence-electron chi connectivity index (χ1n) is 7.95. The van der Waals surface area contributed by atoms with Crippen molar-refractivity contribution in [2.24, 2.45) is 5.92 Å². The minimum atomic E-state index is -0.251. The Labute approximate surface area is 135 Å². The molecule has 2 aromatic heterocycles. The molecule has 2 N–H and O–H groups in total. The first-order chi connectivity index (χ1) is 11.0. The highest BCUT2D eigenvalue weighted by atomic mass is 16.2. The van der Waals surface area contributed by atoms with E-state index in [9.17, 15) is 4.79 Å². The number of benzene rings is 1. The van der Waals surface area contributed by atoms with Crippen LogP contribution in [0.1, 0.15) is 32.6 Å². The summed E-state index contributed by atoms with van der Waals surface area (Å²) in [6.07, 6.45) is 4.70. The van der Waals surface area contributed by atoms with Gasteiger partial charge in [0.05, 0.1) is 11.0 Å². The van der Waals surface area contributed by atoms with Gasteiger partial charge in [-0.05, 0) is 43.2 Å². The van der Waals surface area contributed by atoms with Crippen LogP contribution >= 0.6 is 0 Å². The molecular formula is C18H22N4O. The molecule has 3 aromatic rings. The van der Waals surface area contributed by atoms with E-state index < -0.39 is 0 Å². The van der Waals surface area contributed by atoms with Gasteiger partial charge in [-0.1, -0.05) is 13.8 Å². The van der Waals surface area contributed by atoms with Gasteiger partial charge in [0.1, 0.15) is 11.9 Å². The second-order valence-corrected chi connectivity index (χ2v) is 6.31. The van der Waals surface area contributed by atoms with Crippen LogP contribution in [0.25, 0.3) is 11.0 Å². The summed E-state index contributed by atoms with van der Waals surface area (Å²) in [5.41, 5.74) is 2.66. The molecular weight excluding hydrogens is 288 g/mol. The Morgan fingerprint density at radius 2 is 2.00 bits per heavy atom. The predicted octanol–water partition coefficient (Wildman–Crippen LogP) is 3.76. The lowest BCUT2D eigenvalue weighted by Gasteiger charge is -2.13. The molecule has 0 saturated heterocycles. The molecule has 120 valence electrons. The van der Waals surface area contributed by atoms with Crippen molar-refractivity contribution in [1.29, 1.82) is 0 Å². The van der Waals surface area contributed by atoms with Crippen LogP contribution < -0.4 is 5.32 Å². The van der Waals surface area contributed by atoms with Gasteiger partial charge in [0.2, 0.25) is 5.91 Å². The molecule has 23 heavy (non-hydrogen) atoms. The third-order valence-electron chi connectivity index (χ3n) is 3.85. The molecule has 0 aliphatic heterocycles. The van der Waals surface area contributed by atoms with Gasteiger partial charge in [-0.25, -0.2) is 4.98 Å². The van der Waals surface area contributed by atoms with Crippen molar-refractivity contribution in [2.75, 3.05) is 5.32 Å². The lowest BCUT2D eigenvalue weighted by Crippen LogP contribution is -2.22. The number of amides is 1. The van der Waals surface area contributed by atoms with Crippen molar-refractivity contribution in [3.8, 4) is 0 Å². The Bertz CT molecular complexity index is 802. The maximum atomic E-state index is 12.3. The zero-order chi connectivity index (χ0) is 16.4. The van der Waals surface area contributed by atoms with Gasteiger partial charge < -0.3 is 14.9 Å². The van der Waals surface area contributed by atoms with E-state index in [1.165, 1.54) is 0 Å². The molecule has 3 rings (SSSR count). The topological polar surface area (TPSA) is 62.7 Å². The number of hydrogen-bond acceptors (Lipinski definition) is 2. The Hall–Kier alpha value is -2.56. The van der Waals surface area contributed by atoms with Crippen molar-refractivity contribution in [3.05, 3.63) is 48.5 Å². The van der Waals surface area contributed by atoms with E-state index in [-0.39, 0.29) is 11.9 Å². The summed E-state index contributed by atoms with van der Waals surface area (Å²) >= 11 is 0. The number of hydrogen-bond donors (Lipinski definition) is 2. The van der Waals surface area contributed by atoms with E-state index >= 15 is 0 Å². The summed E-state index contributed by atoms with van der Waals surface area (Å²) < 4.78 is 1.88. The average Bonchev–Trinajstić information content (AvgIpc) is 3.13. The fourth-order valence-electron chi connectivity index (χ4n) is 2.61. The molecule has 2 heterocycles. The Morgan fingerprint density at radius 3 is 2.70 bits per heavy atom. The minimum absolute atomic E-state index is 0.0394. The van der Waals surface area contributed by atoms with Crippen molar-refractivity contribution in [3.63, 3.8) is 0 Å². The van der Waals surface area contributed by atoms with E-state index in [2.05, 4.69) is 29.1 Å². The summed E-state index contributed by atoms with van der Waals surface area (Å²) in [5.74, 6) is 1.50. The van der Waals surface area contributed by atoms with E-state index in [0.717, 1.165) is 29.0 Å². The summed E-state index contributed by atoms with van der Waals surface area (Å²) in [7, 11) is 0. The van der Waals surface area contributed by atoms with Crippen LogP contribution in [0.4, 0.5) is 5.69 Å². The molecule has 0 aliphatic carbocycles. The number of aromatic nitrogens is 3. The number of carbonyl (C=O) groups excluding carboxylic acids is 1. The second kappa shape index (κ2) is 6.28. The molecule has 0 fully saturated rings. The predicted molar refractivity (Wildman–Crippen MR) is 92.4 cm³/mol. The maximum Gasteiger partial charge on any atom is 0.247 e. The normalized spacial score (nSPS) is 12.7. The molecule has 1 aromatic carbocycles. The molecule has 5 heteroatoms. The van der Waals surface area contributed by atoms with Gasteiger partial charge in [-0.3, -0.25) is 4.79 Å². The highest BCUT2D eigenvalue weighted by Crippen LogP contribution is 2.19. The average molecular weight is 310 g/mol. The van der Waals surface area contributed by atoms with Crippen molar-refractivity contribution in [1.82, 2.24) is 14.5 Å². The van der Waals surface area contributed by atoms with E-state index in [1.54, 1.807) is 0 Å². The van der Waals surface area contributed by atoms with E-state index in [1.807, 2.05) is 54.2 Å². The second-order valence-electron chi connectivity index (χ2n) is 6.31. The number of aromatic amines is 1. The Kier molecular flexibility index (Phi) is 4.19. The lowest BCUT2D eigenvalue weighted by atomic mass is 10.1. The molecule has 1 amide bonds. The van der Waals surface area contributed by atoms with Gasteiger partial charge in [0.15, 0.2) is 0 Å². The van der Waals surface area contributed by atoms with Gasteiger partial charge in [0, 0.05) is 24.5 Å². The van der Waals surface area contributed by atoms with Gasteiger partial charge in [-0.15, -0.1) is 0 Å². The van der Waals surface area contributed by atoms with E-state index in [0.29, 0.717) is 5.92 Å². The summed E-state index contributed by atoms with van der Waals surface area (Å²) in [6.45, 7) is 6.22. The van der Waals surface area contributed by atoms with Crippen LogP contribution in [0.3, 0.4) is 0 Å². The van der Waals surface area contributed by atoms with Crippen LogP contribution in [-0.4, -0.2) is 20.4 Å². The fraction of sp³-hybridized carbons (Fsp3) is 0.333. The number of carbonyl (C=O) groups is 1. The van der Waals surface area contributed by atoms with Crippen LogP contribution in [0.2, 0.25) is 0 Å². The number of imidazole rings is 1. The number of nitrogens with one attached hydrogen (secondary N) is 2. The molecule has 1 atom stereocenters. The monoisotopic (exact) mass is 310 g/mol. The van der Waals surface area contributed by atoms with Crippen molar-refractivity contribution < 1.29 is 4.79 Å². The number of nitrogens with zero attached hydrogens (tertiary/aromatic N) is 2. The van der Waals surface area contributed by atoms with Crippen LogP contribution in [0.15, 0.2) is 42.7 Å². The maximum absolute atomic E-state index is 12.3. The molecule has 0 spiro atoms. The molecule has 0 saturated carbocycles. The third-order valence-corrected chi connectivity index (χ3v) is 3.85. The molecule has 5 nitrogen and oxygen atoms in total. The Balaban J connectivity index is 1.76. The minimum Gasteiger partial charge on any atom is -0.342 e. The molecule has 0 unspecified atom stereocenters. The standard InChI is InChI=1S/C18H22N4O/c1-12(2)10-17-20-15-7-6-14(11-16(15)21-17)19-18(23)13(3)22-8-4-5-9-22/h4-9,11-13H,10H2,1-3H3,(H,19,23)(H,20,21)/t13-/m1/s1. The smallest absolute Gasteiger partial charge is 0.247 e. The quantitative estimate of drug-likeness (QED) is 0.753. The van der Waals surface area contributed by atoms with Crippen molar-refractivity contribution >= 4 is 22.6 Å². The first-order valence-corrected chi connectivity index (χ1v) is 7.95. The Morgan fingerprint density at radius 1 is 1.26 bits per heavy atom. The van der Waals surface area contributed by atoms with Crippen LogP contribution in [0.5, 0.6) is 0 Å². The van der Waals surface area contributed by atoms with Gasteiger partial charge >= 0.3 is 0 Å². The number of rotatable bonds is 5. The van der Waals surface area contributed by atoms with Crippen LogP contribution in [0, 0.1) is 5.92 Å². The number of fused-ring (bicyclic) bond motifs is 1. The summed E-state index contributed by atoms with van der Waals surface area (Å²) in [5, 5.41) is 2.96. The highest BCUT2D eigenvalue weighted by Gasteiger charge is 2.14. The third kappa shape index (κ3) is 3.44. The zero-order valence-electron chi connectivity index (χ0n) is 13.7. The van der Waals surface area contributed by atoms with Crippen LogP contribution in [-0.2, 0) is 11.2 Å².